The monoisotopic (exact) mass is 1290 g/mol. The zero-order valence-corrected chi connectivity index (χ0v) is 36.5. The Morgan fingerprint density at radius 2 is 1.47 bits per heavy atom. The molecule has 5 nitrogen and oxygen atoms in total. The molecule has 0 bridgehead atoms. The van der Waals surface area contributed by atoms with Gasteiger partial charge < -0.3 is 25.2 Å². The van der Waals surface area contributed by atoms with Crippen LogP contribution in [0.2, 0.25) is 5.02 Å². The Hall–Kier alpha value is 4.30. The summed E-state index contributed by atoms with van der Waals surface area (Å²) in [6.07, 6.45) is -5.26. The van der Waals surface area contributed by atoms with E-state index in [1.54, 1.807) is 12.1 Å². The van der Waals surface area contributed by atoms with E-state index in [9.17, 15) is 20.4 Å². The summed E-state index contributed by atoms with van der Waals surface area (Å²) >= 11 is 6.33. The largest absolute Gasteiger partial charge is 0.394 e. The average molecular weight is 1290 g/mol. The van der Waals surface area contributed by atoms with Gasteiger partial charge in [-0.3, -0.25) is 0 Å². The van der Waals surface area contributed by atoms with Gasteiger partial charge in [0.25, 0.3) is 0 Å². The molecule has 152 valence electrons. The van der Waals surface area contributed by atoms with E-state index in [1.807, 2.05) is 37.3 Å². The first kappa shape index (κ1) is 36.5. The second kappa shape index (κ2) is 17.7. The van der Waals surface area contributed by atoms with Crippen LogP contribution in [0.15, 0.2) is 42.5 Å². The molecule has 30 heavy (non-hydrogen) atoms. The van der Waals surface area contributed by atoms with E-state index in [1.165, 1.54) is 5.56 Å². The first-order valence-electron chi connectivity index (χ1n) is 8.55. The van der Waals surface area contributed by atoms with Crippen LogP contribution in [0.1, 0.15) is 28.4 Å². The fraction of sp³-hybridized carbons (Fsp3) is 0.400. The van der Waals surface area contributed by atoms with Gasteiger partial charge in [0.05, 0.1) is 6.61 Å². The van der Waals surface area contributed by atoms with Crippen LogP contribution in [-0.4, -0.2) is 51.4 Å². The van der Waals surface area contributed by atoms with Crippen molar-refractivity contribution in [3.63, 3.8) is 0 Å². The Balaban J connectivity index is 0. The van der Waals surface area contributed by atoms with E-state index < -0.39 is 37.1 Å². The molecule has 0 saturated carbocycles. The normalized spacial score (nSPS) is 25.1. The quantitative estimate of drug-likeness (QED) is 0.376. The van der Waals surface area contributed by atoms with Gasteiger partial charge in [-0.1, -0.05) is 53.6 Å². The number of halogens is 1. The Morgan fingerprint density at radius 3 is 2.03 bits per heavy atom. The first-order chi connectivity index (χ1) is 12.4. The van der Waals surface area contributed by atoms with E-state index in [0.29, 0.717) is 17.0 Å². The zero-order chi connectivity index (χ0) is 18.8. The Morgan fingerprint density at radius 1 is 0.867 bits per heavy atom. The van der Waals surface area contributed by atoms with Crippen molar-refractivity contribution in [2.24, 2.45) is 0 Å². The van der Waals surface area contributed by atoms with Gasteiger partial charge in [0.1, 0.15) is 30.5 Å². The predicted octanol–water partition coefficient (Wildman–Crippen LogP) is 1.75. The standard InChI is InChI=1S/C20H23ClO5.4Ac/c1-11-2-4-12(5-3-11)8-14-9-13(6-7-15(14)21)20-19(25)18(24)17(23)16(10-22)26-20;;;;/h2-7,9,16-20,22-25H,8,10H2,1H3;;;;/t16-,17-,18+,19-,20+;;;;/m1..../s1. The molecule has 2 aromatic carbocycles. The number of aryl methyl sites for hydroxylation is 1. The van der Waals surface area contributed by atoms with E-state index >= 15 is 0 Å². The van der Waals surface area contributed by atoms with Gasteiger partial charge in [-0.15, -0.1) is 0 Å². The fourth-order valence-corrected chi connectivity index (χ4v) is 3.39. The molecule has 0 amide bonds. The van der Waals surface area contributed by atoms with E-state index in [2.05, 4.69) is 0 Å². The second-order valence-electron chi connectivity index (χ2n) is 6.76. The van der Waals surface area contributed by atoms with Gasteiger partial charge in [0.15, 0.2) is 0 Å². The van der Waals surface area contributed by atoms with Crippen LogP contribution in [0.3, 0.4) is 0 Å². The van der Waals surface area contributed by atoms with Crippen LogP contribution >= 0.6 is 11.6 Å². The Kier molecular flexibility index (Phi) is 21.5. The molecule has 3 rings (SSSR count). The molecule has 0 spiro atoms. The number of rotatable bonds is 4. The van der Waals surface area contributed by atoms with Crippen LogP contribution < -0.4 is 0 Å². The molecule has 4 radical (unpaired) electrons. The molecule has 4 N–H and O–H groups in total. The predicted molar refractivity (Wildman–Crippen MR) is 98.2 cm³/mol. The summed E-state index contributed by atoms with van der Waals surface area (Å²) in [4.78, 5) is 0. The molecule has 1 saturated heterocycles. The molecule has 10 heteroatoms. The van der Waals surface area contributed by atoms with E-state index in [0.717, 1.165) is 11.1 Å². The van der Waals surface area contributed by atoms with Gasteiger partial charge in [-0.05, 0) is 36.1 Å². The SMILES string of the molecule is Cc1ccc(Cc2cc([C@@H]3O[C@H](CO)[C@@H](O)[C@H](O)[C@H]3O)ccc2Cl)cc1.[Ac].[Ac].[Ac].[Ac]. The number of hydrogen-bond acceptors (Lipinski definition) is 5. The molecule has 1 fully saturated rings. The number of benzene rings is 2. The molecule has 0 aliphatic carbocycles. The van der Waals surface area contributed by atoms with Crippen LogP contribution in [0, 0.1) is 183 Å². The molecule has 2 aromatic rings. The van der Waals surface area contributed by atoms with Crippen molar-refractivity contribution in [2.75, 3.05) is 6.61 Å². The molecule has 0 unspecified atom stereocenters. The van der Waals surface area contributed by atoms with Gasteiger partial charge in [0.2, 0.25) is 0 Å². The smallest absolute Gasteiger partial charge is 0.113 e. The maximum atomic E-state index is 10.3. The minimum absolute atomic E-state index is 0. The molecular weight excluding hydrogens is 1260 g/mol. The Bertz CT molecular complexity index is 763. The fourth-order valence-electron chi connectivity index (χ4n) is 3.21. The maximum absolute atomic E-state index is 10.3. The molecule has 1 aliphatic rings. The van der Waals surface area contributed by atoms with Crippen molar-refractivity contribution in [3.8, 4) is 0 Å². The maximum Gasteiger partial charge on any atom is 0.113 e. The van der Waals surface area contributed by atoms with Crippen molar-refractivity contribution in [1.29, 1.82) is 0 Å². The summed E-state index contributed by atoms with van der Waals surface area (Å²) in [7, 11) is 0. The average Bonchev–Trinajstić information content (AvgIpc) is 2.64. The van der Waals surface area contributed by atoms with E-state index in [-0.39, 0.29) is 176 Å². The number of hydrogen-bond donors (Lipinski definition) is 4. The third kappa shape index (κ3) is 9.64. The summed E-state index contributed by atoms with van der Waals surface area (Å²) in [6, 6.07) is 13.4. The van der Waals surface area contributed by atoms with Gasteiger partial charge in [-0.25, -0.2) is 0 Å². The minimum Gasteiger partial charge on any atom is -0.394 e. The number of ether oxygens (including phenoxy) is 1. The van der Waals surface area contributed by atoms with Crippen molar-refractivity contribution >= 4 is 11.6 Å². The third-order valence-electron chi connectivity index (χ3n) is 4.81. The summed E-state index contributed by atoms with van der Waals surface area (Å²) in [5.41, 5.74) is 3.77. The van der Waals surface area contributed by atoms with Crippen LogP contribution in [0.5, 0.6) is 0 Å². The van der Waals surface area contributed by atoms with Crippen molar-refractivity contribution in [2.45, 2.75) is 43.9 Å². The van der Waals surface area contributed by atoms with E-state index in [4.69, 9.17) is 16.3 Å². The van der Waals surface area contributed by atoms with Crippen molar-refractivity contribution < 1.29 is 201 Å². The third-order valence-corrected chi connectivity index (χ3v) is 5.17. The summed E-state index contributed by atoms with van der Waals surface area (Å²) < 4.78 is 5.62. The molecular formula is C20H23Ac4ClO5. The topological polar surface area (TPSA) is 90.2 Å². The van der Waals surface area contributed by atoms with Gasteiger partial charge in [0, 0.05) is 181 Å². The summed E-state index contributed by atoms with van der Waals surface area (Å²) in [6.45, 7) is 1.57. The van der Waals surface area contributed by atoms with Crippen LogP contribution in [0.25, 0.3) is 0 Å². The number of aliphatic hydroxyl groups is 4. The summed E-state index contributed by atoms with van der Waals surface area (Å²) in [5.74, 6) is 0. The number of aliphatic hydroxyl groups excluding tert-OH is 4. The minimum atomic E-state index is -1.40. The molecule has 1 heterocycles. The zero-order valence-electron chi connectivity index (χ0n) is 16.7. The molecule has 5 atom stereocenters. The molecule has 0 aromatic heterocycles. The summed E-state index contributed by atoms with van der Waals surface area (Å²) in [5, 5.41) is 40.2. The van der Waals surface area contributed by atoms with Crippen molar-refractivity contribution in [1.82, 2.24) is 0 Å². The van der Waals surface area contributed by atoms with Gasteiger partial charge in [-0.2, -0.15) is 0 Å². The first-order valence-corrected chi connectivity index (χ1v) is 8.93. The molecule has 1 aliphatic heterocycles. The van der Waals surface area contributed by atoms with Gasteiger partial charge >= 0.3 is 0 Å². The van der Waals surface area contributed by atoms with Crippen LogP contribution in [-0.2, 0) is 11.2 Å². The Labute approximate surface area is 325 Å². The van der Waals surface area contributed by atoms with Crippen molar-refractivity contribution in [3.05, 3.63) is 69.7 Å². The second-order valence-corrected chi connectivity index (χ2v) is 7.17. The van der Waals surface area contributed by atoms with Crippen LogP contribution in [0.4, 0.5) is 0 Å².